The molecule has 0 spiro atoms. The number of sulfonamides is 1. The first kappa shape index (κ1) is 15.9. The van der Waals surface area contributed by atoms with Crippen LogP contribution in [-0.2, 0) is 10.0 Å². The molecule has 3 aromatic rings. The van der Waals surface area contributed by atoms with Gasteiger partial charge in [-0.2, -0.15) is 13.2 Å². The monoisotopic (exact) mass is 362 g/mol. The lowest BCUT2D eigenvalue weighted by molar-refractivity contribution is 0.583. The van der Waals surface area contributed by atoms with Gasteiger partial charge in [-0.25, -0.2) is 0 Å². The number of benzene rings is 2. The van der Waals surface area contributed by atoms with E-state index >= 15 is 0 Å². The molecule has 23 heavy (non-hydrogen) atoms. The third-order valence-electron chi connectivity index (χ3n) is 3.11. The minimum atomic E-state index is -3.63. The summed E-state index contributed by atoms with van der Waals surface area (Å²) >= 11 is 2.86. The molecule has 1 aromatic heterocycles. The van der Waals surface area contributed by atoms with Crippen LogP contribution < -0.4 is 8.82 Å². The van der Waals surface area contributed by atoms with Gasteiger partial charge in [0.1, 0.15) is 0 Å². The van der Waals surface area contributed by atoms with Gasteiger partial charge in [0.15, 0.2) is 3.98 Å². The van der Waals surface area contributed by atoms with Gasteiger partial charge in [0.2, 0.25) is 0 Å². The quantitative estimate of drug-likeness (QED) is 0.721. The Bertz CT molecular complexity index is 956. The molecule has 0 aliphatic carbocycles. The molecule has 1 heterocycles. The molecule has 3 rings (SSSR count). The molecule has 0 fully saturated rings. The molecule has 118 valence electrons. The minimum absolute atomic E-state index is 0.205. The van der Waals surface area contributed by atoms with Crippen molar-refractivity contribution in [1.29, 1.82) is 0 Å². The second kappa shape index (κ2) is 6.66. The molecule has 1 N–H and O–H groups in total. The molecule has 0 aliphatic rings. The van der Waals surface area contributed by atoms with Gasteiger partial charge in [0.05, 0.1) is 4.90 Å². The van der Waals surface area contributed by atoms with Gasteiger partial charge >= 0.3 is 0 Å². The van der Waals surface area contributed by atoms with E-state index in [4.69, 9.17) is 0 Å². The summed E-state index contributed by atoms with van der Waals surface area (Å²) in [4.78, 5) is 3.56. The number of nitrogens with one attached hydrogen (secondary N) is 1. The fourth-order valence-corrected chi connectivity index (χ4v) is 4.74. The zero-order valence-electron chi connectivity index (χ0n) is 12.3. The topological polar surface area (TPSA) is 58.5 Å². The fraction of sp³-hybridized carbons (Fsp3) is 0.0625. The smallest absolute Gasteiger partial charge is 0.200 e. The van der Waals surface area contributed by atoms with Crippen LogP contribution in [0.25, 0.3) is 10.4 Å². The van der Waals surface area contributed by atoms with Crippen LogP contribution in [-0.4, -0.2) is 8.42 Å². The van der Waals surface area contributed by atoms with Gasteiger partial charge in [-0.15, -0.1) is 27.8 Å². The molecule has 0 unspecified atom stereocenters. The van der Waals surface area contributed by atoms with Crippen LogP contribution >= 0.6 is 22.7 Å². The Morgan fingerprint density at radius 2 is 1.70 bits per heavy atom. The molecule has 0 amide bonds. The third kappa shape index (κ3) is 3.87. The highest BCUT2D eigenvalue weighted by atomic mass is 32.2. The van der Waals surface area contributed by atoms with Crippen LogP contribution in [0.4, 0.5) is 0 Å². The van der Waals surface area contributed by atoms with E-state index in [2.05, 4.69) is 9.93 Å². The van der Waals surface area contributed by atoms with Crippen LogP contribution in [0.15, 0.2) is 70.0 Å². The van der Waals surface area contributed by atoms with Gasteiger partial charge in [0, 0.05) is 10.3 Å². The largest absolute Gasteiger partial charge is 0.276 e. The first-order chi connectivity index (χ1) is 11.0. The molecule has 4 nitrogen and oxygen atoms in total. The van der Waals surface area contributed by atoms with Gasteiger partial charge in [-0.05, 0) is 24.6 Å². The number of aryl methyl sites for hydroxylation is 1. The summed E-state index contributed by atoms with van der Waals surface area (Å²) in [6.45, 7) is 1.91. The summed E-state index contributed by atoms with van der Waals surface area (Å²) < 4.78 is 25.0. The summed E-state index contributed by atoms with van der Waals surface area (Å²) in [5.74, 6) is 0. The Balaban J connectivity index is 1.83. The van der Waals surface area contributed by atoms with E-state index in [9.17, 15) is 8.42 Å². The molecular weight excluding hydrogens is 348 g/mol. The van der Waals surface area contributed by atoms with E-state index in [1.54, 1.807) is 24.3 Å². The summed E-state index contributed by atoms with van der Waals surface area (Å²) in [6.07, 6.45) is 0. The molecule has 0 saturated carbocycles. The first-order valence-corrected chi connectivity index (χ1v) is 9.99. The average molecular weight is 363 g/mol. The summed E-state index contributed by atoms with van der Waals surface area (Å²) in [6, 6.07) is 16.6. The van der Waals surface area contributed by atoms with Crippen molar-refractivity contribution in [3.63, 3.8) is 0 Å². The van der Waals surface area contributed by atoms with Gasteiger partial charge in [-0.3, -0.25) is 0 Å². The highest BCUT2D eigenvalue weighted by Gasteiger charge is 2.12. The van der Waals surface area contributed by atoms with Crippen molar-refractivity contribution in [1.82, 2.24) is 4.83 Å². The lowest BCUT2D eigenvalue weighted by Gasteiger charge is -2.02. The number of hydrogen-bond acceptors (Lipinski definition) is 5. The van der Waals surface area contributed by atoms with Crippen molar-refractivity contribution in [3.05, 3.63) is 69.5 Å². The van der Waals surface area contributed by atoms with Crippen molar-refractivity contribution in [2.24, 2.45) is 5.10 Å². The lowest BCUT2D eigenvalue weighted by Crippen LogP contribution is -2.20. The van der Waals surface area contributed by atoms with Crippen LogP contribution in [0.2, 0.25) is 0 Å². The average Bonchev–Trinajstić information content (AvgIpc) is 3.03. The van der Waals surface area contributed by atoms with E-state index in [-0.39, 0.29) is 4.90 Å². The van der Waals surface area contributed by atoms with Crippen LogP contribution in [0.3, 0.4) is 0 Å². The number of hydrogen-bond donors (Lipinski definition) is 1. The Morgan fingerprint density at radius 3 is 2.39 bits per heavy atom. The zero-order chi connectivity index (χ0) is 16.3. The molecule has 7 heteroatoms. The maximum Gasteiger partial charge on any atom is 0.276 e. The number of rotatable bonds is 4. The molecular formula is C16H14N2O2S3. The van der Waals surface area contributed by atoms with E-state index < -0.39 is 10.0 Å². The van der Waals surface area contributed by atoms with Crippen molar-refractivity contribution in [2.45, 2.75) is 11.8 Å². The van der Waals surface area contributed by atoms with E-state index in [1.807, 2.05) is 42.6 Å². The third-order valence-corrected chi connectivity index (χ3v) is 6.51. The number of nitrogens with zero attached hydrogens (tertiary/aromatic N) is 1. The molecule has 2 aromatic carbocycles. The Kier molecular flexibility index (Phi) is 4.61. The van der Waals surface area contributed by atoms with Crippen LogP contribution in [0, 0.1) is 6.92 Å². The van der Waals surface area contributed by atoms with Crippen molar-refractivity contribution in [3.8, 4) is 10.4 Å². The summed E-state index contributed by atoms with van der Waals surface area (Å²) in [5, 5.41) is 5.99. The van der Waals surface area contributed by atoms with Crippen LogP contribution in [0.1, 0.15) is 5.56 Å². The predicted octanol–water partition coefficient (Wildman–Crippen LogP) is 3.58. The highest BCUT2D eigenvalue weighted by molar-refractivity contribution is 7.89. The summed E-state index contributed by atoms with van der Waals surface area (Å²) in [5.41, 5.74) is 2.10. The zero-order valence-corrected chi connectivity index (χ0v) is 14.7. The second-order valence-electron chi connectivity index (χ2n) is 4.85. The Morgan fingerprint density at radius 1 is 1.00 bits per heavy atom. The van der Waals surface area contributed by atoms with Crippen molar-refractivity contribution < 1.29 is 8.42 Å². The van der Waals surface area contributed by atoms with E-state index in [0.717, 1.165) is 16.0 Å². The SMILES string of the molecule is Cc1ccc(S(=O)(=O)N/N=c2/scc(-c3ccccc3)s2)cc1. The second-order valence-corrected chi connectivity index (χ2v) is 8.66. The minimum Gasteiger partial charge on any atom is -0.200 e. The van der Waals surface area contributed by atoms with E-state index in [1.165, 1.54) is 22.7 Å². The van der Waals surface area contributed by atoms with Crippen molar-refractivity contribution >= 4 is 32.7 Å². The van der Waals surface area contributed by atoms with Gasteiger partial charge < -0.3 is 0 Å². The molecule has 0 radical (unpaired) electrons. The van der Waals surface area contributed by atoms with E-state index in [0.29, 0.717) is 3.98 Å². The van der Waals surface area contributed by atoms with Gasteiger partial charge in [0.25, 0.3) is 10.0 Å². The Hall–Kier alpha value is -1.96. The van der Waals surface area contributed by atoms with Crippen molar-refractivity contribution in [2.75, 3.05) is 0 Å². The standard InChI is InChI=1S/C16H14N2O2S3/c1-12-7-9-14(10-8-12)23(19,20)18-17-16-21-11-15(22-16)13-5-3-2-4-6-13/h2-11,18H,1H3/b17-16-. The fourth-order valence-electron chi connectivity index (χ4n) is 1.89. The maximum atomic E-state index is 12.2. The normalized spacial score (nSPS) is 12.3. The Labute approximate surface area is 142 Å². The molecule has 0 atom stereocenters. The van der Waals surface area contributed by atoms with Crippen LogP contribution in [0.5, 0.6) is 0 Å². The molecule has 0 bridgehead atoms. The first-order valence-electron chi connectivity index (χ1n) is 6.81. The predicted molar refractivity (Wildman–Crippen MR) is 94.7 cm³/mol. The summed E-state index contributed by atoms with van der Waals surface area (Å²) in [7, 11) is -3.63. The lowest BCUT2D eigenvalue weighted by atomic mass is 10.2. The highest BCUT2D eigenvalue weighted by Crippen LogP contribution is 2.23. The molecule has 0 saturated heterocycles. The van der Waals surface area contributed by atoms with Gasteiger partial charge in [-0.1, -0.05) is 48.0 Å². The maximum absolute atomic E-state index is 12.2. The molecule has 0 aliphatic heterocycles.